The summed E-state index contributed by atoms with van der Waals surface area (Å²) < 4.78 is 0.0197. The lowest BCUT2D eigenvalue weighted by Gasteiger charge is -2.49. The number of anilines is 1. The summed E-state index contributed by atoms with van der Waals surface area (Å²) in [5.41, 5.74) is 11.4. The normalized spacial score (nSPS) is 19.6. The van der Waals surface area contributed by atoms with Crippen LogP contribution in [0.5, 0.6) is 0 Å². The second-order valence-corrected chi connectivity index (χ2v) is 13.6. The van der Waals surface area contributed by atoms with Crippen molar-refractivity contribution in [3.8, 4) is 0 Å². The van der Waals surface area contributed by atoms with Crippen LogP contribution >= 0.6 is 58.2 Å². The van der Waals surface area contributed by atoms with E-state index >= 15 is 0 Å². The number of hydrogen-bond donors (Lipinski definition) is 5. The fourth-order valence-corrected chi connectivity index (χ4v) is 8.58. The highest BCUT2D eigenvalue weighted by molar-refractivity contribution is 8.06. The number of thioether (sulfide) groups is 3. The largest absolute Gasteiger partial charge is 0.477 e. The number of carboxylic acid groups (broad SMARTS) is 1. The fourth-order valence-electron chi connectivity index (χ4n) is 4.02. The Kier molecular flexibility index (Phi) is 10.1. The number of aliphatic carboxylic acids is 1. The highest BCUT2D eigenvalue weighted by atomic mass is 35.5. The van der Waals surface area contributed by atoms with Crippen LogP contribution in [-0.2, 0) is 19.2 Å². The Morgan fingerprint density at radius 3 is 2.76 bits per heavy atom. The summed E-state index contributed by atoms with van der Waals surface area (Å²) in [5, 5.41) is 17.0. The highest BCUT2D eigenvalue weighted by Crippen LogP contribution is 2.47. The number of pyridine rings is 1. The first kappa shape index (κ1) is 31.0. The monoisotopic (exact) mass is 658 g/mol. The van der Waals surface area contributed by atoms with E-state index in [0.29, 0.717) is 21.1 Å². The number of halogens is 1. The summed E-state index contributed by atoms with van der Waals surface area (Å²) >= 11 is 10.7. The van der Waals surface area contributed by atoms with Crippen LogP contribution in [0, 0.1) is 4.91 Å². The van der Waals surface area contributed by atoms with Crippen molar-refractivity contribution in [2.24, 2.45) is 10.9 Å². The predicted molar refractivity (Wildman–Crippen MR) is 158 cm³/mol. The van der Waals surface area contributed by atoms with E-state index in [4.69, 9.17) is 23.1 Å². The molecule has 218 valence electrons. The van der Waals surface area contributed by atoms with Crippen molar-refractivity contribution in [2.75, 3.05) is 23.8 Å². The molecule has 0 aliphatic carbocycles. The first-order valence-electron chi connectivity index (χ1n) is 11.8. The minimum Gasteiger partial charge on any atom is -0.477 e. The van der Waals surface area contributed by atoms with E-state index < -0.39 is 40.6 Å². The molecule has 2 aliphatic heterocycles. The minimum absolute atomic E-state index is 0.0197. The molecule has 2 unspecified atom stereocenters. The maximum Gasteiger partial charge on any atom is 0.353 e. The van der Waals surface area contributed by atoms with Gasteiger partial charge in [0.25, 0.3) is 11.8 Å². The van der Waals surface area contributed by atoms with Gasteiger partial charge in [0, 0.05) is 33.5 Å². The summed E-state index contributed by atoms with van der Waals surface area (Å²) in [6.45, 7) is 1.73. The highest BCUT2D eigenvalue weighted by Gasteiger charge is 2.55. The van der Waals surface area contributed by atoms with Crippen LogP contribution in [0.15, 0.2) is 39.1 Å². The van der Waals surface area contributed by atoms with Gasteiger partial charge in [0.15, 0.2) is 5.13 Å². The van der Waals surface area contributed by atoms with Crippen LogP contribution in [0.2, 0.25) is 4.34 Å². The van der Waals surface area contributed by atoms with Crippen LogP contribution in [0.25, 0.3) is 0 Å². The molecule has 3 amide bonds. The molecule has 4 atom stereocenters. The third-order valence-electron chi connectivity index (χ3n) is 5.81. The zero-order chi connectivity index (χ0) is 29.8. The Labute approximate surface area is 254 Å². The topological polar surface area (TPSA) is 223 Å². The molecule has 0 bridgehead atoms. The van der Waals surface area contributed by atoms with Gasteiger partial charge in [0.1, 0.15) is 32.5 Å². The molecular formula is C22H23ClN8O6S4. The van der Waals surface area contributed by atoms with Crippen LogP contribution in [0.4, 0.5) is 5.13 Å². The molecule has 0 radical (unpaired) electrons. The smallest absolute Gasteiger partial charge is 0.353 e. The lowest BCUT2D eigenvalue weighted by molar-refractivity contribution is -0.150. The van der Waals surface area contributed by atoms with Crippen molar-refractivity contribution in [2.45, 2.75) is 34.7 Å². The number of carbonyl (C=O) groups is 4. The maximum absolute atomic E-state index is 13.1. The molecule has 1 saturated heterocycles. The Morgan fingerprint density at radius 2 is 2.15 bits per heavy atom. The molecule has 2 aromatic rings. The molecule has 14 nitrogen and oxygen atoms in total. The van der Waals surface area contributed by atoms with Gasteiger partial charge >= 0.3 is 5.97 Å². The zero-order valence-electron chi connectivity index (χ0n) is 21.1. The van der Waals surface area contributed by atoms with E-state index in [1.165, 1.54) is 23.5 Å². The van der Waals surface area contributed by atoms with E-state index in [1.54, 1.807) is 18.5 Å². The number of amides is 3. The lowest BCUT2D eigenvalue weighted by Crippen LogP contribution is -2.70. The van der Waals surface area contributed by atoms with Crippen LogP contribution in [0.3, 0.4) is 0 Å². The molecule has 7 N–H and O–H groups in total. The number of carbonyl (C=O) groups excluding carboxylic acids is 3. The van der Waals surface area contributed by atoms with Crippen LogP contribution in [0.1, 0.15) is 29.6 Å². The Hall–Kier alpha value is -2.90. The molecule has 41 heavy (non-hydrogen) atoms. The minimum atomic E-state index is -1.63. The predicted octanol–water partition coefficient (Wildman–Crippen LogP) is 1.90. The van der Waals surface area contributed by atoms with Crippen molar-refractivity contribution >= 4 is 87.0 Å². The number of hydrogen-bond acceptors (Lipinski definition) is 14. The number of fused-ring (bicyclic) bond motifs is 1. The molecule has 19 heteroatoms. The van der Waals surface area contributed by atoms with Gasteiger partial charge in [-0.2, -0.15) is 0 Å². The van der Waals surface area contributed by atoms with Crippen molar-refractivity contribution in [1.82, 2.24) is 25.5 Å². The second-order valence-electron chi connectivity index (χ2n) is 8.31. The van der Waals surface area contributed by atoms with E-state index in [1.807, 2.05) is 6.92 Å². The number of carboxylic acids is 1. The van der Waals surface area contributed by atoms with Crippen molar-refractivity contribution < 1.29 is 24.3 Å². The van der Waals surface area contributed by atoms with Gasteiger partial charge in [0.05, 0.1) is 6.54 Å². The van der Waals surface area contributed by atoms with E-state index in [-0.39, 0.29) is 39.1 Å². The summed E-state index contributed by atoms with van der Waals surface area (Å²) in [5.74, 6) is -2.37. The standard InChI is InChI=1S/C22H23ClN8O6S4/c1-2-38-18(27-11(32)5-24)8-6-26-4-3-9(8)40-10-7-39-20-14(19(34)31(20)15(10)21(35)36)28-17(33)13(30-37)12-16(23)41-22(25)29-12/h3-4,6,13-14,18,20H,2,5,7,24H2,1H3,(H2,25,29)(H,27,32)(H,28,33)(H,35,36)/t13?,14-,18?,20+/m1/s1. The number of thiazole rings is 1. The quantitative estimate of drug-likeness (QED) is 0.125. The van der Waals surface area contributed by atoms with Crippen LogP contribution in [-0.4, -0.2) is 73.1 Å². The molecule has 0 saturated carbocycles. The van der Waals surface area contributed by atoms with Gasteiger partial charge in [-0.25, -0.2) is 9.78 Å². The number of nitroso groups, excluding NO2 is 1. The molecular weight excluding hydrogens is 636 g/mol. The lowest BCUT2D eigenvalue weighted by atomic mass is 10.0. The number of nitrogens with two attached hydrogens (primary N) is 2. The fraction of sp³-hybridized carbons (Fsp3) is 0.364. The van der Waals surface area contributed by atoms with Crippen LogP contribution < -0.4 is 22.1 Å². The first-order valence-corrected chi connectivity index (χ1v) is 15.9. The average molecular weight is 659 g/mol. The number of rotatable bonds is 12. The molecule has 0 aromatic carbocycles. The maximum atomic E-state index is 13.1. The Bertz CT molecular complexity index is 1420. The zero-order valence-corrected chi connectivity index (χ0v) is 25.1. The summed E-state index contributed by atoms with van der Waals surface area (Å²) in [6, 6.07) is -1.03. The summed E-state index contributed by atoms with van der Waals surface area (Å²) in [7, 11) is 0. The molecule has 2 aromatic heterocycles. The molecule has 0 spiro atoms. The van der Waals surface area contributed by atoms with Gasteiger partial charge < -0.3 is 27.2 Å². The summed E-state index contributed by atoms with van der Waals surface area (Å²) in [6.07, 6.45) is 3.14. The van der Waals surface area contributed by atoms with Gasteiger partial charge in [0.2, 0.25) is 11.9 Å². The molecule has 4 rings (SSSR count). The summed E-state index contributed by atoms with van der Waals surface area (Å²) in [4.78, 5) is 72.0. The Balaban J connectivity index is 1.56. The number of nitrogens with one attached hydrogen (secondary N) is 2. The SMILES string of the molecule is CCSC(NC(=O)CN)c1cnccc1SC1=C(C(=O)O)N2C(=O)[C@@H](NC(=O)C(N=O)c3nc(N)sc3Cl)[C@@H]2SC1. The number of β-lactam (4-membered cyclic amide) rings is 1. The molecule has 2 aliphatic rings. The average Bonchev–Trinajstić information content (AvgIpc) is 3.28. The molecule has 1 fully saturated rings. The van der Waals surface area contributed by atoms with Crippen molar-refractivity contribution in [1.29, 1.82) is 0 Å². The second kappa shape index (κ2) is 13.4. The van der Waals surface area contributed by atoms with E-state index in [0.717, 1.165) is 28.0 Å². The van der Waals surface area contributed by atoms with Gasteiger partial charge in [-0.1, -0.05) is 41.6 Å². The number of aromatic nitrogens is 2. The number of nitrogen functional groups attached to an aromatic ring is 1. The Morgan fingerprint density at radius 1 is 1.39 bits per heavy atom. The third-order valence-corrected chi connectivity index (χ3v) is 10.6. The first-order chi connectivity index (χ1) is 19.6. The van der Waals surface area contributed by atoms with Gasteiger partial charge in [-0.3, -0.25) is 24.3 Å². The third kappa shape index (κ3) is 6.46. The van der Waals surface area contributed by atoms with Crippen molar-refractivity contribution in [3.05, 3.63) is 49.6 Å². The molecule has 4 heterocycles. The van der Waals surface area contributed by atoms with E-state index in [2.05, 4.69) is 25.8 Å². The van der Waals surface area contributed by atoms with E-state index in [9.17, 15) is 29.2 Å². The van der Waals surface area contributed by atoms with Gasteiger partial charge in [-0.15, -0.1) is 28.4 Å². The number of nitrogens with zero attached hydrogens (tertiary/aromatic N) is 4. The van der Waals surface area contributed by atoms with Gasteiger partial charge in [-0.05, 0) is 17.0 Å². The van der Waals surface area contributed by atoms with Crippen molar-refractivity contribution in [3.63, 3.8) is 0 Å².